The van der Waals surface area contributed by atoms with Gasteiger partial charge >= 0.3 is 0 Å². The summed E-state index contributed by atoms with van der Waals surface area (Å²) in [5, 5.41) is 3.80. The maximum atomic E-state index is 12.0. The van der Waals surface area contributed by atoms with Crippen LogP contribution in [0.2, 0.25) is 10.0 Å². The Labute approximate surface area is 139 Å². The average molecular weight is 339 g/mol. The van der Waals surface area contributed by atoms with E-state index in [0.717, 1.165) is 5.69 Å². The van der Waals surface area contributed by atoms with E-state index in [1.54, 1.807) is 36.4 Å². The standard InChI is InChI=1S/C16H16Cl2N2O2/c1-20(2)14-8-7-11(17)9-13(14)19-16(21)10-22-15-6-4-3-5-12(15)18/h3-9H,10H2,1-2H3,(H,19,21). The highest BCUT2D eigenvalue weighted by Gasteiger charge is 2.10. The summed E-state index contributed by atoms with van der Waals surface area (Å²) in [6, 6.07) is 12.3. The number of para-hydroxylation sites is 1. The Hall–Kier alpha value is -1.91. The predicted molar refractivity (Wildman–Crippen MR) is 91.4 cm³/mol. The molecular formula is C16H16Cl2N2O2. The SMILES string of the molecule is CN(C)c1ccc(Cl)cc1NC(=O)COc1ccccc1Cl. The molecule has 2 aromatic rings. The lowest BCUT2D eigenvalue weighted by atomic mass is 10.2. The van der Waals surface area contributed by atoms with Gasteiger partial charge in [-0.1, -0.05) is 35.3 Å². The smallest absolute Gasteiger partial charge is 0.262 e. The second kappa shape index (κ2) is 7.38. The van der Waals surface area contributed by atoms with E-state index >= 15 is 0 Å². The molecule has 0 radical (unpaired) electrons. The van der Waals surface area contributed by atoms with Crippen LogP contribution in [-0.4, -0.2) is 26.6 Å². The quantitative estimate of drug-likeness (QED) is 0.893. The predicted octanol–water partition coefficient (Wildman–Crippen LogP) is 4.08. The molecule has 0 atom stereocenters. The van der Waals surface area contributed by atoms with Crippen LogP contribution in [0.15, 0.2) is 42.5 Å². The Morgan fingerprint density at radius 3 is 2.59 bits per heavy atom. The number of hydrogen-bond acceptors (Lipinski definition) is 3. The van der Waals surface area contributed by atoms with Crippen LogP contribution in [0.25, 0.3) is 0 Å². The summed E-state index contributed by atoms with van der Waals surface area (Å²) in [7, 11) is 3.78. The minimum Gasteiger partial charge on any atom is -0.482 e. The zero-order valence-electron chi connectivity index (χ0n) is 12.3. The van der Waals surface area contributed by atoms with Crippen molar-refractivity contribution in [2.24, 2.45) is 0 Å². The molecule has 1 amide bonds. The lowest BCUT2D eigenvalue weighted by molar-refractivity contribution is -0.118. The van der Waals surface area contributed by atoms with E-state index in [2.05, 4.69) is 5.32 Å². The Balaban J connectivity index is 2.03. The molecule has 0 saturated carbocycles. The van der Waals surface area contributed by atoms with E-state index in [-0.39, 0.29) is 12.5 Å². The zero-order valence-corrected chi connectivity index (χ0v) is 13.8. The van der Waals surface area contributed by atoms with Gasteiger partial charge in [0.2, 0.25) is 0 Å². The molecule has 2 rings (SSSR count). The van der Waals surface area contributed by atoms with Crippen LogP contribution >= 0.6 is 23.2 Å². The number of nitrogens with zero attached hydrogens (tertiary/aromatic N) is 1. The lowest BCUT2D eigenvalue weighted by Gasteiger charge is -2.18. The minimum absolute atomic E-state index is 0.136. The van der Waals surface area contributed by atoms with Crippen molar-refractivity contribution in [1.82, 2.24) is 0 Å². The van der Waals surface area contributed by atoms with Gasteiger partial charge in [-0.05, 0) is 30.3 Å². The zero-order chi connectivity index (χ0) is 16.1. The lowest BCUT2D eigenvalue weighted by Crippen LogP contribution is -2.22. The highest BCUT2D eigenvalue weighted by molar-refractivity contribution is 6.32. The molecule has 0 aromatic heterocycles. The maximum Gasteiger partial charge on any atom is 0.262 e. The third-order valence-corrected chi connectivity index (χ3v) is 3.46. The van der Waals surface area contributed by atoms with E-state index in [1.807, 2.05) is 25.1 Å². The van der Waals surface area contributed by atoms with Gasteiger partial charge in [-0.15, -0.1) is 0 Å². The van der Waals surface area contributed by atoms with Crippen LogP contribution in [0.5, 0.6) is 5.75 Å². The third kappa shape index (κ3) is 4.29. The minimum atomic E-state index is -0.287. The van der Waals surface area contributed by atoms with Gasteiger partial charge in [0.15, 0.2) is 6.61 Å². The number of rotatable bonds is 5. The molecule has 0 aliphatic rings. The first kappa shape index (κ1) is 16.5. The number of nitrogens with one attached hydrogen (secondary N) is 1. The topological polar surface area (TPSA) is 41.6 Å². The molecule has 0 spiro atoms. The van der Waals surface area contributed by atoms with Crippen LogP contribution in [-0.2, 0) is 4.79 Å². The van der Waals surface area contributed by atoms with E-state index in [1.165, 1.54) is 0 Å². The van der Waals surface area contributed by atoms with Gasteiger partial charge in [-0.2, -0.15) is 0 Å². The normalized spacial score (nSPS) is 10.2. The molecule has 0 bridgehead atoms. The second-order valence-corrected chi connectivity index (χ2v) is 5.67. The summed E-state index contributed by atoms with van der Waals surface area (Å²) in [6.45, 7) is -0.136. The fourth-order valence-electron chi connectivity index (χ4n) is 1.89. The molecule has 0 fully saturated rings. The Bertz CT molecular complexity index is 675. The van der Waals surface area contributed by atoms with Crippen LogP contribution in [0.3, 0.4) is 0 Å². The molecular weight excluding hydrogens is 323 g/mol. The molecule has 0 unspecified atom stereocenters. The van der Waals surface area contributed by atoms with Crippen LogP contribution in [0.4, 0.5) is 11.4 Å². The first-order valence-corrected chi connectivity index (χ1v) is 7.37. The molecule has 22 heavy (non-hydrogen) atoms. The summed E-state index contributed by atoms with van der Waals surface area (Å²) in [5.41, 5.74) is 1.49. The van der Waals surface area contributed by atoms with Crippen molar-refractivity contribution in [1.29, 1.82) is 0 Å². The maximum absolute atomic E-state index is 12.0. The molecule has 1 N–H and O–H groups in total. The van der Waals surface area contributed by atoms with Gasteiger partial charge in [-0.3, -0.25) is 4.79 Å². The molecule has 0 aliphatic heterocycles. The number of benzene rings is 2. The van der Waals surface area contributed by atoms with Crippen molar-refractivity contribution in [3.05, 3.63) is 52.5 Å². The average Bonchev–Trinajstić information content (AvgIpc) is 2.46. The van der Waals surface area contributed by atoms with Crippen molar-refractivity contribution in [2.45, 2.75) is 0 Å². The molecule has 6 heteroatoms. The van der Waals surface area contributed by atoms with Gasteiger partial charge in [0, 0.05) is 19.1 Å². The van der Waals surface area contributed by atoms with Gasteiger partial charge in [0.1, 0.15) is 5.75 Å². The first-order valence-electron chi connectivity index (χ1n) is 6.61. The third-order valence-electron chi connectivity index (χ3n) is 2.91. The van der Waals surface area contributed by atoms with Gasteiger partial charge in [0.25, 0.3) is 5.91 Å². The number of amides is 1. The highest BCUT2D eigenvalue weighted by atomic mass is 35.5. The highest BCUT2D eigenvalue weighted by Crippen LogP contribution is 2.28. The van der Waals surface area contributed by atoms with E-state index < -0.39 is 0 Å². The van der Waals surface area contributed by atoms with Crippen molar-refractivity contribution in [3.8, 4) is 5.75 Å². The second-order valence-electron chi connectivity index (χ2n) is 4.82. The fraction of sp³-hybridized carbons (Fsp3) is 0.188. The number of carbonyl (C=O) groups excluding carboxylic acids is 1. The number of halogens is 2. The number of anilines is 2. The Morgan fingerprint density at radius 1 is 1.18 bits per heavy atom. The first-order chi connectivity index (χ1) is 10.5. The van der Waals surface area contributed by atoms with Crippen LogP contribution in [0.1, 0.15) is 0 Å². The molecule has 4 nitrogen and oxygen atoms in total. The summed E-state index contributed by atoms with van der Waals surface area (Å²) in [6.07, 6.45) is 0. The number of ether oxygens (including phenoxy) is 1. The number of carbonyl (C=O) groups is 1. The molecule has 0 saturated heterocycles. The summed E-state index contributed by atoms with van der Waals surface area (Å²) < 4.78 is 5.41. The Kier molecular flexibility index (Phi) is 5.52. The van der Waals surface area contributed by atoms with Gasteiger partial charge in [0.05, 0.1) is 16.4 Å². The van der Waals surface area contributed by atoms with Crippen LogP contribution in [0, 0.1) is 0 Å². The molecule has 0 heterocycles. The molecule has 0 aliphatic carbocycles. The van der Waals surface area contributed by atoms with E-state index in [9.17, 15) is 4.79 Å². The molecule has 116 valence electrons. The van der Waals surface area contributed by atoms with Crippen molar-refractivity contribution in [3.63, 3.8) is 0 Å². The molecule has 2 aromatic carbocycles. The monoisotopic (exact) mass is 338 g/mol. The van der Waals surface area contributed by atoms with Crippen LogP contribution < -0.4 is 15.0 Å². The van der Waals surface area contributed by atoms with Crippen molar-refractivity contribution in [2.75, 3.05) is 30.9 Å². The number of hydrogen-bond donors (Lipinski definition) is 1. The fourth-order valence-corrected chi connectivity index (χ4v) is 2.25. The van der Waals surface area contributed by atoms with Gasteiger partial charge < -0.3 is 15.0 Å². The van der Waals surface area contributed by atoms with E-state index in [4.69, 9.17) is 27.9 Å². The largest absolute Gasteiger partial charge is 0.482 e. The summed E-state index contributed by atoms with van der Waals surface area (Å²) in [4.78, 5) is 13.9. The van der Waals surface area contributed by atoms with Crippen molar-refractivity contribution < 1.29 is 9.53 Å². The summed E-state index contributed by atoms with van der Waals surface area (Å²) in [5.74, 6) is 0.184. The summed E-state index contributed by atoms with van der Waals surface area (Å²) >= 11 is 12.0. The van der Waals surface area contributed by atoms with E-state index in [0.29, 0.717) is 21.5 Å². The van der Waals surface area contributed by atoms with Crippen molar-refractivity contribution >= 4 is 40.5 Å². The Morgan fingerprint density at radius 2 is 1.91 bits per heavy atom. The van der Waals surface area contributed by atoms with Gasteiger partial charge in [-0.25, -0.2) is 0 Å².